The van der Waals surface area contributed by atoms with Crippen molar-refractivity contribution in [2.75, 3.05) is 64.2 Å². The summed E-state index contributed by atoms with van der Waals surface area (Å²) >= 11 is 0. The molecule has 7 heteroatoms. The molecule has 0 aromatic carbocycles. The zero-order valence-corrected chi connectivity index (χ0v) is 12.6. The van der Waals surface area contributed by atoms with E-state index in [-0.39, 0.29) is 5.91 Å². The summed E-state index contributed by atoms with van der Waals surface area (Å²) in [6.07, 6.45) is 0. The summed E-state index contributed by atoms with van der Waals surface area (Å²) in [6, 6.07) is 1.75. The quantitative estimate of drug-likeness (QED) is 0.815. The van der Waals surface area contributed by atoms with Crippen LogP contribution in [0.3, 0.4) is 0 Å². The number of amides is 1. The zero-order valence-electron chi connectivity index (χ0n) is 12.6. The Morgan fingerprint density at radius 3 is 2.35 bits per heavy atom. The van der Waals surface area contributed by atoms with Gasteiger partial charge in [-0.05, 0) is 0 Å². The van der Waals surface area contributed by atoms with Gasteiger partial charge in [0.25, 0.3) is 5.91 Å². The summed E-state index contributed by atoms with van der Waals surface area (Å²) in [5.74, 6) is 1.26. The highest BCUT2D eigenvalue weighted by atomic mass is 16.2. The third-order valence-corrected chi connectivity index (χ3v) is 3.18. The maximum absolute atomic E-state index is 12.5. The van der Waals surface area contributed by atoms with E-state index < -0.39 is 0 Å². The van der Waals surface area contributed by atoms with Gasteiger partial charge in [0.15, 0.2) is 0 Å². The normalized spacial score (nSPS) is 15.1. The van der Waals surface area contributed by atoms with Crippen molar-refractivity contribution in [1.29, 1.82) is 0 Å². The third kappa shape index (κ3) is 3.16. The van der Waals surface area contributed by atoms with E-state index in [2.05, 4.69) is 15.3 Å². The molecule has 1 aromatic heterocycles. The Kier molecular flexibility index (Phi) is 4.39. The van der Waals surface area contributed by atoms with Crippen molar-refractivity contribution in [3.05, 3.63) is 11.8 Å². The molecule has 1 aliphatic heterocycles. The van der Waals surface area contributed by atoms with Crippen molar-refractivity contribution in [2.45, 2.75) is 0 Å². The number of hydrogen-bond acceptors (Lipinski definition) is 6. The average molecular weight is 278 g/mol. The highest BCUT2D eigenvalue weighted by molar-refractivity contribution is 5.93. The first-order valence-corrected chi connectivity index (χ1v) is 6.73. The van der Waals surface area contributed by atoms with Crippen LogP contribution in [-0.2, 0) is 0 Å². The minimum atomic E-state index is -0.0277. The third-order valence-electron chi connectivity index (χ3n) is 3.18. The van der Waals surface area contributed by atoms with Gasteiger partial charge in [0, 0.05) is 60.4 Å². The molecule has 0 radical (unpaired) electrons. The number of carbonyl (C=O) groups is 1. The fourth-order valence-electron chi connectivity index (χ4n) is 1.99. The molecule has 0 unspecified atom stereocenters. The summed E-state index contributed by atoms with van der Waals surface area (Å²) in [5, 5.41) is 3.24. The van der Waals surface area contributed by atoms with Gasteiger partial charge in [0.2, 0.25) is 5.95 Å². The van der Waals surface area contributed by atoms with Crippen molar-refractivity contribution in [2.24, 2.45) is 0 Å². The molecule has 0 aliphatic carbocycles. The van der Waals surface area contributed by atoms with Gasteiger partial charge >= 0.3 is 0 Å². The lowest BCUT2D eigenvalue weighted by Gasteiger charge is -2.27. The number of nitrogens with one attached hydrogen (secondary N) is 1. The molecule has 2 heterocycles. The molecule has 110 valence electrons. The van der Waals surface area contributed by atoms with Gasteiger partial charge in [0.05, 0.1) is 0 Å². The van der Waals surface area contributed by atoms with E-state index in [1.807, 2.05) is 42.9 Å². The molecule has 7 nitrogen and oxygen atoms in total. The molecule has 1 N–H and O–H groups in total. The standard InChI is InChI=1S/C13H22N6O/c1-17(2)11-9-10(15-13(16-11)18(3)4)12(20)19-7-5-14-6-8-19/h9,14H,5-8H2,1-4H3. The topological polar surface area (TPSA) is 64.6 Å². The second-order valence-electron chi connectivity index (χ2n) is 5.24. The van der Waals surface area contributed by atoms with Gasteiger partial charge in [-0.25, -0.2) is 4.98 Å². The molecule has 1 amide bonds. The van der Waals surface area contributed by atoms with Gasteiger partial charge in [-0.15, -0.1) is 0 Å². The zero-order chi connectivity index (χ0) is 14.7. The molecule has 0 saturated carbocycles. The van der Waals surface area contributed by atoms with Crippen LogP contribution in [0.4, 0.5) is 11.8 Å². The predicted molar refractivity (Wildman–Crippen MR) is 79.5 cm³/mol. The molecule has 2 rings (SSSR count). The number of piperazine rings is 1. The highest BCUT2D eigenvalue weighted by Gasteiger charge is 2.21. The van der Waals surface area contributed by atoms with Crippen LogP contribution in [0, 0.1) is 0 Å². The molecular formula is C13H22N6O. The Labute approximate surface area is 119 Å². The number of aromatic nitrogens is 2. The molecule has 0 spiro atoms. The largest absolute Gasteiger partial charge is 0.363 e. The second kappa shape index (κ2) is 6.04. The summed E-state index contributed by atoms with van der Waals surface area (Å²) in [6.45, 7) is 3.10. The van der Waals surface area contributed by atoms with Crippen molar-refractivity contribution >= 4 is 17.7 Å². The van der Waals surface area contributed by atoms with E-state index in [0.717, 1.165) is 32.0 Å². The van der Waals surface area contributed by atoms with Crippen LogP contribution >= 0.6 is 0 Å². The number of rotatable bonds is 3. The van der Waals surface area contributed by atoms with Gasteiger partial charge in [-0.2, -0.15) is 4.98 Å². The van der Waals surface area contributed by atoms with E-state index in [1.54, 1.807) is 6.07 Å². The Balaban J connectivity index is 2.31. The average Bonchev–Trinajstić information content (AvgIpc) is 2.46. The molecule has 0 atom stereocenters. The van der Waals surface area contributed by atoms with Gasteiger partial charge in [-0.1, -0.05) is 0 Å². The lowest BCUT2D eigenvalue weighted by molar-refractivity contribution is 0.0730. The SMILES string of the molecule is CN(C)c1cc(C(=O)N2CCNCC2)nc(N(C)C)n1. The first-order chi connectivity index (χ1) is 9.49. The van der Waals surface area contributed by atoms with Crippen LogP contribution in [-0.4, -0.2) is 75.1 Å². The number of nitrogens with zero attached hydrogens (tertiary/aromatic N) is 5. The number of hydrogen-bond donors (Lipinski definition) is 1. The van der Waals surface area contributed by atoms with Crippen LogP contribution in [0.2, 0.25) is 0 Å². The maximum Gasteiger partial charge on any atom is 0.272 e. The van der Waals surface area contributed by atoms with Crippen molar-refractivity contribution in [1.82, 2.24) is 20.2 Å². The highest BCUT2D eigenvalue weighted by Crippen LogP contribution is 2.16. The second-order valence-corrected chi connectivity index (χ2v) is 5.24. The fourth-order valence-corrected chi connectivity index (χ4v) is 1.99. The summed E-state index contributed by atoms with van der Waals surface area (Å²) < 4.78 is 0. The first-order valence-electron chi connectivity index (χ1n) is 6.73. The minimum Gasteiger partial charge on any atom is -0.363 e. The van der Waals surface area contributed by atoms with E-state index >= 15 is 0 Å². The van der Waals surface area contributed by atoms with Crippen LogP contribution in [0.15, 0.2) is 6.07 Å². The molecule has 1 aliphatic rings. The van der Waals surface area contributed by atoms with E-state index in [0.29, 0.717) is 11.6 Å². The molecule has 1 fully saturated rings. The van der Waals surface area contributed by atoms with E-state index in [4.69, 9.17) is 0 Å². The lowest BCUT2D eigenvalue weighted by atomic mass is 10.3. The Bertz CT molecular complexity index is 455. The monoisotopic (exact) mass is 278 g/mol. The van der Waals surface area contributed by atoms with Crippen molar-refractivity contribution < 1.29 is 4.79 Å². The molecule has 0 bridgehead atoms. The van der Waals surface area contributed by atoms with Crippen LogP contribution in [0.1, 0.15) is 10.5 Å². The molecule has 20 heavy (non-hydrogen) atoms. The van der Waals surface area contributed by atoms with Crippen LogP contribution in [0.5, 0.6) is 0 Å². The summed E-state index contributed by atoms with van der Waals surface area (Å²) in [5.41, 5.74) is 0.453. The Morgan fingerprint density at radius 2 is 1.80 bits per heavy atom. The van der Waals surface area contributed by atoms with Crippen molar-refractivity contribution in [3.8, 4) is 0 Å². The van der Waals surface area contributed by atoms with Gasteiger partial charge < -0.3 is 20.0 Å². The smallest absolute Gasteiger partial charge is 0.272 e. The molecule has 1 aromatic rings. The number of anilines is 2. The van der Waals surface area contributed by atoms with Gasteiger partial charge in [-0.3, -0.25) is 4.79 Å². The van der Waals surface area contributed by atoms with E-state index in [1.165, 1.54) is 0 Å². The van der Waals surface area contributed by atoms with Crippen LogP contribution < -0.4 is 15.1 Å². The summed E-state index contributed by atoms with van der Waals surface area (Å²) in [4.78, 5) is 26.8. The fraction of sp³-hybridized carbons (Fsp3) is 0.615. The molecule has 1 saturated heterocycles. The summed E-state index contributed by atoms with van der Waals surface area (Å²) in [7, 11) is 7.55. The Hall–Kier alpha value is -1.89. The minimum absolute atomic E-state index is 0.0277. The molecular weight excluding hydrogens is 256 g/mol. The maximum atomic E-state index is 12.5. The Morgan fingerprint density at radius 1 is 1.15 bits per heavy atom. The van der Waals surface area contributed by atoms with Crippen molar-refractivity contribution in [3.63, 3.8) is 0 Å². The van der Waals surface area contributed by atoms with Crippen LogP contribution in [0.25, 0.3) is 0 Å². The lowest BCUT2D eigenvalue weighted by Crippen LogP contribution is -2.46. The number of carbonyl (C=O) groups excluding carboxylic acids is 1. The van der Waals surface area contributed by atoms with Gasteiger partial charge in [0.1, 0.15) is 11.5 Å². The predicted octanol–water partition coefficient (Wildman–Crippen LogP) is -0.346. The van der Waals surface area contributed by atoms with E-state index in [9.17, 15) is 4.79 Å². The first kappa shape index (κ1) is 14.5.